The van der Waals surface area contributed by atoms with E-state index in [0.29, 0.717) is 33.5 Å². The third-order valence-electron chi connectivity index (χ3n) is 4.62. The lowest BCUT2D eigenvalue weighted by molar-refractivity contribution is 0.284. The zero-order valence-corrected chi connectivity index (χ0v) is 17.0. The van der Waals surface area contributed by atoms with E-state index >= 15 is 0 Å². The topological polar surface area (TPSA) is 70.9 Å². The van der Waals surface area contributed by atoms with E-state index in [1.807, 2.05) is 66.7 Å². The number of allylic oxidation sites excluding steroid dienone is 1. The summed E-state index contributed by atoms with van der Waals surface area (Å²) in [4.78, 5) is 7.71. The van der Waals surface area contributed by atoms with Gasteiger partial charge in [0.05, 0.1) is 23.7 Å². The van der Waals surface area contributed by atoms with Gasteiger partial charge in [0.2, 0.25) is 0 Å². The van der Waals surface area contributed by atoms with Gasteiger partial charge >= 0.3 is 0 Å². The van der Waals surface area contributed by atoms with Crippen molar-refractivity contribution >= 4 is 34.3 Å². The molecule has 0 fully saturated rings. The molecule has 5 nitrogen and oxygen atoms in total. The second-order valence-corrected chi connectivity index (χ2v) is 6.94. The van der Waals surface area contributed by atoms with Crippen LogP contribution in [0.15, 0.2) is 66.7 Å². The van der Waals surface area contributed by atoms with Crippen LogP contribution in [-0.4, -0.2) is 17.1 Å². The first-order valence-corrected chi connectivity index (χ1v) is 9.67. The van der Waals surface area contributed by atoms with Crippen LogP contribution in [0.1, 0.15) is 17.0 Å². The van der Waals surface area contributed by atoms with Gasteiger partial charge in [-0.15, -0.1) is 0 Å². The Labute approximate surface area is 179 Å². The molecular weight excluding hydrogens is 398 g/mol. The SMILES string of the molecule is COc1cccc(/C=C(/C#N)c2nc3ccccc3[nH]2)c1OCc1ccccc1Cl. The number of nitrogens with zero attached hydrogens (tertiary/aromatic N) is 2. The van der Waals surface area contributed by atoms with Crippen LogP contribution in [0.4, 0.5) is 0 Å². The second-order valence-electron chi connectivity index (χ2n) is 6.53. The molecule has 0 amide bonds. The van der Waals surface area contributed by atoms with Gasteiger partial charge in [-0.2, -0.15) is 5.26 Å². The highest BCUT2D eigenvalue weighted by Crippen LogP contribution is 2.34. The minimum absolute atomic E-state index is 0.271. The van der Waals surface area contributed by atoms with Gasteiger partial charge in [-0.3, -0.25) is 0 Å². The molecule has 0 spiro atoms. The number of H-pyrrole nitrogens is 1. The van der Waals surface area contributed by atoms with Crippen molar-refractivity contribution in [2.45, 2.75) is 6.61 Å². The zero-order valence-electron chi connectivity index (χ0n) is 16.2. The summed E-state index contributed by atoms with van der Waals surface area (Å²) in [7, 11) is 1.58. The van der Waals surface area contributed by atoms with Gasteiger partial charge in [0.1, 0.15) is 18.5 Å². The van der Waals surface area contributed by atoms with Gasteiger partial charge in [-0.05, 0) is 30.3 Å². The lowest BCUT2D eigenvalue weighted by atomic mass is 10.1. The summed E-state index contributed by atoms with van der Waals surface area (Å²) >= 11 is 6.25. The van der Waals surface area contributed by atoms with Crippen LogP contribution < -0.4 is 9.47 Å². The number of nitrogens with one attached hydrogen (secondary N) is 1. The largest absolute Gasteiger partial charge is 0.493 e. The first-order valence-electron chi connectivity index (χ1n) is 9.29. The number of halogens is 1. The van der Waals surface area contributed by atoms with Crippen LogP contribution in [0.5, 0.6) is 11.5 Å². The molecule has 1 aromatic heterocycles. The number of methoxy groups -OCH3 is 1. The predicted molar refractivity (Wildman–Crippen MR) is 118 cm³/mol. The molecule has 0 radical (unpaired) electrons. The molecule has 3 aromatic carbocycles. The number of ether oxygens (including phenoxy) is 2. The Morgan fingerprint density at radius 1 is 1.10 bits per heavy atom. The maximum Gasteiger partial charge on any atom is 0.168 e. The lowest BCUT2D eigenvalue weighted by Crippen LogP contribution is -2.00. The number of imidazole rings is 1. The number of benzene rings is 3. The summed E-state index contributed by atoms with van der Waals surface area (Å²) in [6.07, 6.45) is 1.74. The smallest absolute Gasteiger partial charge is 0.168 e. The van der Waals surface area contributed by atoms with E-state index in [0.717, 1.165) is 16.6 Å². The van der Waals surface area contributed by atoms with E-state index in [1.54, 1.807) is 13.2 Å². The van der Waals surface area contributed by atoms with Crippen molar-refractivity contribution in [3.63, 3.8) is 0 Å². The highest BCUT2D eigenvalue weighted by Gasteiger charge is 2.14. The van der Waals surface area contributed by atoms with Crippen LogP contribution in [0.3, 0.4) is 0 Å². The van der Waals surface area contributed by atoms with Crippen molar-refractivity contribution in [2.75, 3.05) is 7.11 Å². The molecule has 0 atom stereocenters. The van der Waals surface area contributed by atoms with Crippen molar-refractivity contribution in [2.24, 2.45) is 0 Å². The molecule has 0 aliphatic heterocycles. The van der Waals surface area contributed by atoms with Crippen molar-refractivity contribution in [3.05, 3.63) is 88.7 Å². The number of aromatic nitrogens is 2. The van der Waals surface area contributed by atoms with Crippen LogP contribution in [-0.2, 0) is 6.61 Å². The Balaban J connectivity index is 1.72. The molecule has 30 heavy (non-hydrogen) atoms. The van der Waals surface area contributed by atoms with Crippen molar-refractivity contribution < 1.29 is 9.47 Å². The Hall–Kier alpha value is -3.75. The van der Waals surface area contributed by atoms with E-state index in [4.69, 9.17) is 21.1 Å². The fourth-order valence-electron chi connectivity index (χ4n) is 3.12. The Morgan fingerprint density at radius 3 is 2.67 bits per heavy atom. The highest BCUT2D eigenvalue weighted by molar-refractivity contribution is 6.31. The number of hydrogen-bond acceptors (Lipinski definition) is 4. The van der Waals surface area contributed by atoms with Crippen molar-refractivity contribution in [1.29, 1.82) is 5.26 Å². The molecule has 4 rings (SSSR count). The average molecular weight is 416 g/mol. The summed E-state index contributed by atoms with van der Waals surface area (Å²) in [5.41, 5.74) is 3.63. The molecule has 148 valence electrons. The molecule has 1 N–H and O–H groups in total. The quantitative estimate of drug-likeness (QED) is 0.400. The number of fused-ring (bicyclic) bond motifs is 1. The van der Waals surface area contributed by atoms with Gasteiger partial charge in [0.25, 0.3) is 0 Å². The summed E-state index contributed by atoms with van der Waals surface area (Å²) in [6, 6.07) is 22.9. The zero-order chi connectivity index (χ0) is 20.9. The molecule has 0 aliphatic rings. The van der Waals surface area contributed by atoms with Gasteiger partial charge in [-0.1, -0.05) is 54.1 Å². The molecular formula is C24H18ClN3O2. The lowest BCUT2D eigenvalue weighted by Gasteiger charge is -2.14. The standard InChI is InChI=1S/C24H18ClN3O2/c1-29-22-12-6-8-16(23(22)30-15-17-7-2-3-9-19(17)25)13-18(14-26)24-27-20-10-4-5-11-21(20)28-24/h2-13H,15H2,1H3,(H,27,28)/b18-13-. The molecule has 0 unspecified atom stereocenters. The van der Waals surface area contributed by atoms with Gasteiger partial charge in [-0.25, -0.2) is 4.98 Å². The van der Waals surface area contributed by atoms with E-state index in [1.165, 1.54) is 0 Å². The molecule has 6 heteroatoms. The predicted octanol–water partition coefficient (Wildman–Crippen LogP) is 5.87. The van der Waals surface area contributed by atoms with Crippen molar-refractivity contribution in [1.82, 2.24) is 9.97 Å². The normalized spacial score (nSPS) is 11.3. The Bertz CT molecular complexity index is 1240. The molecule has 0 aliphatic carbocycles. The van der Waals surface area contributed by atoms with Gasteiger partial charge in [0.15, 0.2) is 11.5 Å². The average Bonchev–Trinajstić information content (AvgIpc) is 3.21. The summed E-state index contributed by atoms with van der Waals surface area (Å²) < 4.78 is 11.6. The van der Waals surface area contributed by atoms with E-state index in [-0.39, 0.29) is 6.61 Å². The minimum Gasteiger partial charge on any atom is -0.493 e. The van der Waals surface area contributed by atoms with Crippen LogP contribution >= 0.6 is 11.6 Å². The van der Waals surface area contributed by atoms with Crippen LogP contribution in [0.25, 0.3) is 22.7 Å². The number of nitriles is 1. The van der Waals surface area contributed by atoms with Gasteiger partial charge in [0, 0.05) is 16.1 Å². The summed E-state index contributed by atoms with van der Waals surface area (Å²) in [5, 5.41) is 10.4. The number of hydrogen-bond donors (Lipinski definition) is 1. The first kappa shape index (κ1) is 19.6. The summed E-state index contributed by atoms with van der Waals surface area (Å²) in [5.74, 6) is 1.60. The van der Waals surface area contributed by atoms with Crippen LogP contribution in [0.2, 0.25) is 5.02 Å². The van der Waals surface area contributed by atoms with Gasteiger partial charge < -0.3 is 14.5 Å². The number of aromatic amines is 1. The minimum atomic E-state index is 0.271. The maximum absolute atomic E-state index is 9.76. The molecule has 4 aromatic rings. The Morgan fingerprint density at radius 2 is 1.90 bits per heavy atom. The third kappa shape index (κ3) is 4.00. The third-order valence-corrected chi connectivity index (χ3v) is 4.99. The van der Waals surface area contributed by atoms with Crippen LogP contribution in [0, 0.1) is 11.3 Å². The maximum atomic E-state index is 9.76. The molecule has 0 saturated carbocycles. The van der Waals surface area contributed by atoms with E-state index in [2.05, 4.69) is 16.0 Å². The number of para-hydroxylation sites is 3. The molecule has 0 bridgehead atoms. The first-order chi connectivity index (χ1) is 14.7. The van der Waals surface area contributed by atoms with Crippen molar-refractivity contribution in [3.8, 4) is 17.6 Å². The summed E-state index contributed by atoms with van der Waals surface area (Å²) in [6.45, 7) is 0.271. The second kappa shape index (κ2) is 8.73. The fraction of sp³-hybridized carbons (Fsp3) is 0.0833. The van der Waals surface area contributed by atoms with E-state index in [9.17, 15) is 5.26 Å². The monoisotopic (exact) mass is 415 g/mol. The number of rotatable bonds is 6. The molecule has 1 heterocycles. The highest BCUT2D eigenvalue weighted by atomic mass is 35.5. The Kier molecular flexibility index (Phi) is 5.69. The molecule has 0 saturated heterocycles. The fourth-order valence-corrected chi connectivity index (χ4v) is 3.31. The van der Waals surface area contributed by atoms with E-state index < -0.39 is 0 Å².